The quantitative estimate of drug-likeness (QED) is 0.697. The van der Waals surface area contributed by atoms with Crippen LogP contribution in [-0.4, -0.2) is 33.2 Å². The van der Waals surface area contributed by atoms with E-state index in [2.05, 4.69) is 20.7 Å². The summed E-state index contributed by atoms with van der Waals surface area (Å²) in [6, 6.07) is 13.0. The van der Waals surface area contributed by atoms with Crippen molar-refractivity contribution in [3.63, 3.8) is 0 Å². The lowest BCUT2D eigenvalue weighted by atomic mass is 10.0. The van der Waals surface area contributed by atoms with Crippen LogP contribution in [0.5, 0.6) is 5.75 Å². The van der Waals surface area contributed by atoms with Gasteiger partial charge in [-0.05, 0) is 48.7 Å². The molecular formula is C21H21N5O3. The summed E-state index contributed by atoms with van der Waals surface area (Å²) in [5.41, 5.74) is 3.70. The van der Waals surface area contributed by atoms with Crippen LogP contribution in [0.25, 0.3) is 0 Å². The number of nitrogens with zero attached hydrogens (tertiary/aromatic N) is 3. The van der Waals surface area contributed by atoms with E-state index in [9.17, 15) is 9.59 Å². The summed E-state index contributed by atoms with van der Waals surface area (Å²) in [5, 5.41) is 9.77. The van der Waals surface area contributed by atoms with Crippen molar-refractivity contribution < 1.29 is 14.3 Å². The topological polar surface area (TPSA) is 98.1 Å². The third kappa shape index (κ3) is 4.11. The van der Waals surface area contributed by atoms with Crippen LogP contribution in [0.4, 0.5) is 11.6 Å². The molecule has 1 aliphatic heterocycles. The van der Waals surface area contributed by atoms with Gasteiger partial charge in [-0.25, -0.2) is 4.68 Å². The van der Waals surface area contributed by atoms with Gasteiger partial charge in [0.05, 0.1) is 12.5 Å². The van der Waals surface area contributed by atoms with Gasteiger partial charge >= 0.3 is 0 Å². The SMILES string of the molecule is Cc1ccc(C)c(NC(=O)COc2cccc([C@H]3CC(=O)Nc4ncnn43)c2)c1. The van der Waals surface area contributed by atoms with Crippen molar-refractivity contribution in [1.29, 1.82) is 0 Å². The van der Waals surface area contributed by atoms with Crippen molar-refractivity contribution >= 4 is 23.5 Å². The van der Waals surface area contributed by atoms with Gasteiger partial charge in [-0.3, -0.25) is 14.9 Å². The van der Waals surface area contributed by atoms with Gasteiger partial charge < -0.3 is 10.1 Å². The van der Waals surface area contributed by atoms with Gasteiger partial charge in [0.2, 0.25) is 11.9 Å². The van der Waals surface area contributed by atoms with E-state index in [4.69, 9.17) is 4.74 Å². The zero-order valence-corrected chi connectivity index (χ0v) is 16.2. The fourth-order valence-electron chi connectivity index (χ4n) is 3.28. The average Bonchev–Trinajstić information content (AvgIpc) is 3.17. The van der Waals surface area contributed by atoms with Crippen molar-refractivity contribution in [3.8, 4) is 5.75 Å². The zero-order valence-electron chi connectivity index (χ0n) is 16.2. The van der Waals surface area contributed by atoms with Crippen LogP contribution in [-0.2, 0) is 9.59 Å². The van der Waals surface area contributed by atoms with Gasteiger partial charge in [-0.15, -0.1) is 0 Å². The number of fused-ring (bicyclic) bond motifs is 1. The number of carbonyl (C=O) groups excluding carboxylic acids is 2. The second-order valence-corrected chi connectivity index (χ2v) is 7.02. The number of hydrogen-bond donors (Lipinski definition) is 2. The molecule has 2 aromatic carbocycles. The maximum absolute atomic E-state index is 12.3. The Kier molecular flexibility index (Phi) is 4.99. The number of nitrogens with one attached hydrogen (secondary N) is 2. The molecule has 0 fully saturated rings. The molecule has 0 unspecified atom stereocenters. The second-order valence-electron chi connectivity index (χ2n) is 7.02. The Morgan fingerprint density at radius 2 is 2.14 bits per heavy atom. The van der Waals surface area contributed by atoms with Crippen molar-refractivity contribution in [2.24, 2.45) is 0 Å². The van der Waals surface area contributed by atoms with Crippen LogP contribution in [0.3, 0.4) is 0 Å². The molecule has 0 radical (unpaired) electrons. The van der Waals surface area contributed by atoms with Crippen LogP contribution in [0.15, 0.2) is 48.8 Å². The van der Waals surface area contributed by atoms with Crippen LogP contribution < -0.4 is 15.4 Å². The first-order valence-electron chi connectivity index (χ1n) is 9.29. The van der Waals surface area contributed by atoms with E-state index in [1.165, 1.54) is 6.33 Å². The third-order valence-electron chi connectivity index (χ3n) is 4.78. The fourth-order valence-corrected chi connectivity index (χ4v) is 3.28. The summed E-state index contributed by atoms with van der Waals surface area (Å²) in [4.78, 5) is 28.3. The molecule has 148 valence electrons. The highest BCUT2D eigenvalue weighted by atomic mass is 16.5. The number of rotatable bonds is 5. The number of hydrogen-bond acceptors (Lipinski definition) is 5. The first kappa shape index (κ1) is 18.7. The lowest BCUT2D eigenvalue weighted by Gasteiger charge is -2.24. The first-order chi connectivity index (χ1) is 14.0. The normalized spacial score (nSPS) is 15.4. The molecule has 2 N–H and O–H groups in total. The van der Waals surface area contributed by atoms with Crippen molar-refractivity contribution in [2.75, 3.05) is 17.2 Å². The van der Waals surface area contributed by atoms with Crippen molar-refractivity contribution in [2.45, 2.75) is 26.3 Å². The lowest BCUT2D eigenvalue weighted by molar-refractivity contribution is -0.118. The minimum Gasteiger partial charge on any atom is -0.484 e. The van der Waals surface area contributed by atoms with Crippen molar-refractivity contribution in [3.05, 3.63) is 65.5 Å². The first-order valence-corrected chi connectivity index (χ1v) is 9.29. The molecule has 3 aromatic rings. The summed E-state index contributed by atoms with van der Waals surface area (Å²) < 4.78 is 7.35. The monoisotopic (exact) mass is 391 g/mol. The zero-order chi connectivity index (χ0) is 20.4. The van der Waals surface area contributed by atoms with Gasteiger partial charge in [0, 0.05) is 5.69 Å². The molecule has 8 nitrogen and oxygen atoms in total. The van der Waals surface area contributed by atoms with E-state index < -0.39 is 0 Å². The van der Waals surface area contributed by atoms with E-state index in [-0.39, 0.29) is 30.9 Å². The Morgan fingerprint density at radius 1 is 1.28 bits per heavy atom. The molecule has 0 bridgehead atoms. The minimum absolute atomic E-state index is 0.115. The maximum atomic E-state index is 12.3. The summed E-state index contributed by atoms with van der Waals surface area (Å²) >= 11 is 0. The molecule has 2 heterocycles. The van der Waals surface area contributed by atoms with Crippen LogP contribution >= 0.6 is 0 Å². The molecule has 8 heteroatoms. The van der Waals surface area contributed by atoms with Gasteiger partial charge in [-0.1, -0.05) is 24.3 Å². The highest BCUT2D eigenvalue weighted by molar-refractivity contribution is 5.92. The summed E-state index contributed by atoms with van der Waals surface area (Å²) in [7, 11) is 0. The number of ether oxygens (including phenoxy) is 1. The molecule has 1 aromatic heterocycles. The van der Waals surface area contributed by atoms with Gasteiger partial charge in [-0.2, -0.15) is 10.1 Å². The highest BCUT2D eigenvalue weighted by Crippen LogP contribution is 2.30. The molecule has 29 heavy (non-hydrogen) atoms. The largest absolute Gasteiger partial charge is 0.484 e. The standard InChI is InChI=1S/C21H21N5O3/c1-13-6-7-14(2)17(8-13)24-20(28)11-29-16-5-3-4-15(9-16)18-10-19(27)25-21-22-12-23-26(18)21/h3-9,12,18H,10-11H2,1-2H3,(H,24,28)(H,22,23,25,27)/t18-/m1/s1. The minimum atomic E-state index is -0.270. The lowest BCUT2D eigenvalue weighted by Crippen LogP contribution is -2.29. The van der Waals surface area contributed by atoms with Crippen LogP contribution in [0, 0.1) is 13.8 Å². The number of anilines is 2. The molecule has 2 amide bonds. The number of aromatic nitrogens is 3. The van der Waals surface area contributed by atoms with Gasteiger partial charge in [0.1, 0.15) is 12.1 Å². The average molecular weight is 391 g/mol. The Bertz CT molecular complexity index is 1080. The van der Waals surface area contributed by atoms with Crippen LogP contribution in [0.1, 0.15) is 29.2 Å². The highest BCUT2D eigenvalue weighted by Gasteiger charge is 2.27. The van der Waals surface area contributed by atoms with Crippen LogP contribution in [0.2, 0.25) is 0 Å². The Hall–Kier alpha value is -3.68. The second kappa shape index (κ2) is 7.75. The van der Waals surface area contributed by atoms with E-state index in [1.807, 2.05) is 50.2 Å². The maximum Gasteiger partial charge on any atom is 0.262 e. The van der Waals surface area contributed by atoms with Gasteiger partial charge in [0.25, 0.3) is 5.91 Å². The number of carbonyl (C=O) groups is 2. The van der Waals surface area contributed by atoms with E-state index >= 15 is 0 Å². The Balaban J connectivity index is 1.44. The molecule has 0 aliphatic carbocycles. The molecule has 0 saturated heterocycles. The fraction of sp³-hybridized carbons (Fsp3) is 0.238. The Morgan fingerprint density at radius 3 is 3.00 bits per heavy atom. The summed E-state index contributed by atoms with van der Waals surface area (Å²) in [6.07, 6.45) is 1.67. The van der Waals surface area contributed by atoms with E-state index in [0.29, 0.717) is 11.7 Å². The molecule has 4 rings (SSSR count). The molecule has 0 saturated carbocycles. The van der Waals surface area contributed by atoms with E-state index in [1.54, 1.807) is 10.7 Å². The Labute approximate surface area is 167 Å². The molecule has 1 aliphatic rings. The predicted molar refractivity (Wildman–Crippen MR) is 108 cm³/mol. The summed E-state index contributed by atoms with van der Waals surface area (Å²) in [6.45, 7) is 3.80. The van der Waals surface area contributed by atoms with Gasteiger partial charge in [0.15, 0.2) is 6.61 Å². The van der Waals surface area contributed by atoms with Crippen molar-refractivity contribution in [1.82, 2.24) is 14.8 Å². The number of benzene rings is 2. The molecular weight excluding hydrogens is 370 g/mol. The summed E-state index contributed by atoms with van der Waals surface area (Å²) in [5.74, 6) is 0.617. The predicted octanol–water partition coefficient (Wildman–Crippen LogP) is 2.84. The number of aryl methyl sites for hydroxylation is 2. The number of amides is 2. The molecule has 1 atom stereocenters. The van der Waals surface area contributed by atoms with E-state index in [0.717, 1.165) is 22.4 Å². The third-order valence-corrected chi connectivity index (χ3v) is 4.78. The smallest absolute Gasteiger partial charge is 0.262 e. The molecule has 0 spiro atoms.